The topological polar surface area (TPSA) is 0 Å². The molecule has 0 heterocycles. The molecule has 0 aromatic heterocycles. The van der Waals surface area contributed by atoms with E-state index in [9.17, 15) is 0 Å². The number of benzene rings is 1. The molecule has 0 bridgehead atoms. The predicted octanol–water partition coefficient (Wildman–Crippen LogP) is 3.30. The lowest BCUT2D eigenvalue weighted by molar-refractivity contribution is 0.756. The van der Waals surface area contributed by atoms with Gasteiger partial charge in [-0.1, -0.05) is 35.7 Å². The van der Waals surface area contributed by atoms with Crippen molar-refractivity contribution in [3.05, 3.63) is 41.8 Å². The van der Waals surface area contributed by atoms with Crippen LogP contribution in [0.1, 0.15) is 30.4 Å². The Morgan fingerprint density at radius 2 is 2.15 bits per heavy atom. The van der Waals surface area contributed by atoms with Gasteiger partial charge in [-0.2, -0.15) is 0 Å². The molecule has 0 atom stereocenters. The van der Waals surface area contributed by atoms with Crippen molar-refractivity contribution in [1.82, 2.24) is 0 Å². The van der Waals surface area contributed by atoms with E-state index in [0.717, 1.165) is 25.7 Å². The molecule has 0 aliphatic heterocycles. The van der Waals surface area contributed by atoms with Crippen molar-refractivity contribution in [2.45, 2.75) is 32.6 Å². The molecule has 0 saturated heterocycles. The minimum atomic E-state index is 0.797. The first-order valence-corrected chi connectivity index (χ1v) is 4.78. The van der Waals surface area contributed by atoms with E-state index in [4.69, 9.17) is 6.42 Å². The van der Waals surface area contributed by atoms with E-state index in [2.05, 4.69) is 37.1 Å². The summed E-state index contributed by atoms with van der Waals surface area (Å²) in [6.45, 7) is 2.12. The quantitative estimate of drug-likeness (QED) is 0.481. The van der Waals surface area contributed by atoms with Crippen LogP contribution in [0.2, 0.25) is 0 Å². The van der Waals surface area contributed by atoms with Crippen LogP contribution in [0.15, 0.2) is 24.3 Å². The fraction of sp³-hybridized carbons (Fsp3) is 0.385. The maximum atomic E-state index is 6.77. The van der Waals surface area contributed by atoms with Crippen molar-refractivity contribution in [2.24, 2.45) is 0 Å². The van der Waals surface area contributed by atoms with E-state index in [0.29, 0.717) is 0 Å². The van der Waals surface area contributed by atoms with Crippen LogP contribution in [0.4, 0.5) is 0 Å². The van der Waals surface area contributed by atoms with Gasteiger partial charge in [0.1, 0.15) is 0 Å². The maximum absolute atomic E-state index is 6.77. The second-order valence-corrected chi connectivity index (χ2v) is 3.37. The summed E-state index contributed by atoms with van der Waals surface area (Å²) in [7, 11) is 0. The highest BCUT2D eigenvalue weighted by atomic mass is 14.0. The van der Waals surface area contributed by atoms with Crippen molar-refractivity contribution in [1.29, 1.82) is 0 Å². The summed E-state index contributed by atoms with van der Waals surface area (Å²) < 4.78 is 0. The first-order valence-electron chi connectivity index (χ1n) is 4.78. The average Bonchev–Trinajstić information content (AvgIpc) is 2.13. The van der Waals surface area contributed by atoms with E-state index in [1.807, 2.05) is 0 Å². The summed E-state index contributed by atoms with van der Waals surface area (Å²) in [6, 6.07) is 8.62. The Labute approximate surface area is 81.0 Å². The zero-order valence-electron chi connectivity index (χ0n) is 8.14. The molecule has 0 fully saturated rings. The van der Waals surface area contributed by atoms with Gasteiger partial charge in [0.15, 0.2) is 0 Å². The Kier molecular flexibility index (Phi) is 4.12. The molecule has 0 amide bonds. The molecule has 0 unspecified atom stereocenters. The van der Waals surface area contributed by atoms with Gasteiger partial charge in [-0.15, -0.1) is 0 Å². The summed E-state index contributed by atoms with van der Waals surface area (Å²) >= 11 is 0. The second-order valence-electron chi connectivity index (χ2n) is 3.37. The smallest absolute Gasteiger partial charge is 0.00990 e. The van der Waals surface area contributed by atoms with Crippen molar-refractivity contribution >= 4 is 0 Å². The minimum Gasteiger partial charge on any atom is -0.0891 e. The normalized spacial score (nSPS) is 9.54. The van der Waals surface area contributed by atoms with Gasteiger partial charge >= 0.3 is 0 Å². The molecule has 0 aliphatic rings. The van der Waals surface area contributed by atoms with Crippen molar-refractivity contribution in [3.63, 3.8) is 0 Å². The van der Waals surface area contributed by atoms with Crippen LogP contribution in [-0.2, 0) is 6.42 Å². The Morgan fingerprint density at radius 1 is 1.31 bits per heavy atom. The number of hydrogen-bond acceptors (Lipinski definition) is 0. The standard InChI is InChI=1S/C13H15/c1-3-4-5-6-9-13-10-7-8-12(2)11-13/h7-8,10-11H,4-6,9H2,2H3. The van der Waals surface area contributed by atoms with Crippen LogP contribution in [0.5, 0.6) is 0 Å². The molecule has 1 rings (SSSR count). The molecular weight excluding hydrogens is 156 g/mol. The largest absolute Gasteiger partial charge is 0.0891 e. The molecule has 13 heavy (non-hydrogen) atoms. The van der Waals surface area contributed by atoms with Gasteiger partial charge in [-0.3, -0.25) is 0 Å². The Balaban J connectivity index is 2.33. The highest BCUT2D eigenvalue weighted by molar-refractivity contribution is 5.22. The van der Waals surface area contributed by atoms with Crippen LogP contribution in [0.3, 0.4) is 0 Å². The molecule has 1 aromatic rings. The van der Waals surface area contributed by atoms with Gasteiger partial charge in [-0.05, 0) is 38.2 Å². The molecule has 0 saturated carbocycles. The number of rotatable bonds is 4. The maximum Gasteiger partial charge on any atom is 0.00990 e. The number of aryl methyl sites for hydroxylation is 2. The first kappa shape index (κ1) is 9.86. The SMILES string of the molecule is [C]#CCCCCc1cccc(C)c1. The van der Waals surface area contributed by atoms with Crippen LogP contribution in [0.25, 0.3) is 0 Å². The highest BCUT2D eigenvalue weighted by Crippen LogP contribution is 2.08. The van der Waals surface area contributed by atoms with Crippen molar-refractivity contribution in [3.8, 4) is 5.92 Å². The van der Waals surface area contributed by atoms with Gasteiger partial charge in [-0.25, -0.2) is 0 Å². The fourth-order valence-electron chi connectivity index (χ4n) is 1.41. The zero-order chi connectivity index (χ0) is 9.52. The van der Waals surface area contributed by atoms with Crippen molar-refractivity contribution in [2.75, 3.05) is 0 Å². The van der Waals surface area contributed by atoms with E-state index < -0.39 is 0 Å². The minimum absolute atomic E-state index is 0.797. The number of unbranched alkanes of at least 4 members (excludes halogenated alkanes) is 2. The van der Waals surface area contributed by atoms with E-state index in [1.165, 1.54) is 11.1 Å². The van der Waals surface area contributed by atoms with Crippen LogP contribution in [-0.4, -0.2) is 0 Å². The summed E-state index contributed by atoms with van der Waals surface area (Å²) in [5.41, 5.74) is 2.74. The predicted molar refractivity (Wildman–Crippen MR) is 55.9 cm³/mol. The van der Waals surface area contributed by atoms with Gasteiger partial charge in [0.2, 0.25) is 0 Å². The Bertz CT molecular complexity index is 291. The molecule has 67 valence electrons. The highest BCUT2D eigenvalue weighted by Gasteiger charge is 1.92. The summed E-state index contributed by atoms with van der Waals surface area (Å²) in [5, 5.41) is 0. The van der Waals surface area contributed by atoms with E-state index >= 15 is 0 Å². The molecule has 1 radical (unpaired) electrons. The van der Waals surface area contributed by atoms with E-state index in [-0.39, 0.29) is 0 Å². The average molecular weight is 171 g/mol. The third kappa shape index (κ3) is 3.80. The Morgan fingerprint density at radius 3 is 2.85 bits per heavy atom. The third-order valence-corrected chi connectivity index (χ3v) is 2.10. The fourth-order valence-corrected chi connectivity index (χ4v) is 1.41. The summed E-state index contributed by atoms with van der Waals surface area (Å²) in [5.74, 6) is 2.42. The first-order chi connectivity index (χ1) is 6.33. The lowest BCUT2D eigenvalue weighted by atomic mass is 10.1. The zero-order valence-corrected chi connectivity index (χ0v) is 8.14. The lowest BCUT2D eigenvalue weighted by Crippen LogP contribution is -1.85. The van der Waals surface area contributed by atoms with Gasteiger partial charge < -0.3 is 0 Å². The van der Waals surface area contributed by atoms with Crippen LogP contribution in [0, 0.1) is 19.3 Å². The van der Waals surface area contributed by atoms with Crippen molar-refractivity contribution < 1.29 is 0 Å². The Hall–Kier alpha value is -1.22. The second kappa shape index (κ2) is 5.43. The number of hydrogen-bond donors (Lipinski definition) is 0. The van der Waals surface area contributed by atoms with Gasteiger partial charge in [0.05, 0.1) is 0 Å². The molecule has 0 spiro atoms. The molecule has 0 nitrogen and oxygen atoms in total. The van der Waals surface area contributed by atoms with Gasteiger partial charge in [0, 0.05) is 6.42 Å². The monoisotopic (exact) mass is 171 g/mol. The molecule has 1 aromatic carbocycles. The molecule has 0 N–H and O–H groups in total. The summed E-state index contributed by atoms with van der Waals surface area (Å²) in [6.07, 6.45) is 10.9. The third-order valence-electron chi connectivity index (χ3n) is 2.10. The molecule has 0 aliphatic carbocycles. The van der Waals surface area contributed by atoms with E-state index in [1.54, 1.807) is 0 Å². The summed E-state index contributed by atoms with van der Waals surface area (Å²) in [4.78, 5) is 0. The molecular formula is C13H15. The van der Waals surface area contributed by atoms with Crippen LogP contribution >= 0.6 is 0 Å². The van der Waals surface area contributed by atoms with Gasteiger partial charge in [0.25, 0.3) is 0 Å². The van der Waals surface area contributed by atoms with Crippen LogP contribution < -0.4 is 0 Å². The molecule has 0 heteroatoms. The lowest BCUT2D eigenvalue weighted by Gasteiger charge is -2.00.